The Bertz CT molecular complexity index is 3130. The number of esters is 2. The normalized spacial score (nSPS) is 32.1. The molecule has 0 aromatic heterocycles. The van der Waals surface area contributed by atoms with Crippen LogP contribution in [0.25, 0.3) is 0 Å². The minimum atomic E-state index is -4.00. The van der Waals surface area contributed by atoms with E-state index >= 15 is 0 Å². The number of ether oxygens (including phenoxy) is 3. The molecule has 0 aromatic rings. The molecule has 0 spiro atoms. The number of halogens is 1. The van der Waals surface area contributed by atoms with Crippen LogP contribution in [-0.2, 0) is 47.4 Å². The number of rotatable bonds is 26. The number of isocyanates is 1. The van der Waals surface area contributed by atoms with E-state index in [1.807, 2.05) is 26.0 Å². The number of aliphatic hydroxyl groups is 1. The topological polar surface area (TPSA) is 223 Å². The standard InChI is InChI=1S/C23H35NO5.C22H34O4.CClNO3S.H36P34.H15P13/c1-7-21(5)12-17(29-20(24)27)22(6)13(2)8-10-23(11-9-16(26)18(22)23)14(3)19(21)28-15(4)25;1-7-20(5)12-17(25)21(6)13(2)8-10-22(11-9-16(24)18(21)22)14(3)19(20)26-15(4)23;2-7(5,6)3-1-4;1-19(2)28(20(3)4)32(27(17)18)34(31(25(13)14)26(15)16)33(29(21(5)6)22(7)8)30(23(9)10)24(11)12;1-8-12(9(2)3)13(10(4)5)11(6)7/h7,13-14,17-19H,1,8-12H2,2-6H3,(H2,24,27);7,13-14,17-19,25H,1,8-12H2,2-6H3;;1-18H2;8H,1-7H2/t13-,14+,17-,18+,19+,21-,22+,23+;13-,14+,17-,18+,19+,20-,21+,22+;;;/m11.../s1. The van der Waals surface area contributed by atoms with Crippen molar-refractivity contribution in [3.05, 3.63) is 25.3 Å². The molecule has 4 bridgehead atoms. The predicted molar refractivity (Wildman–Crippen MR) is 628 cm³/mol. The molecule has 634 valence electrons. The highest BCUT2D eigenvalue weighted by atomic mass is 35.7. The fraction of sp³-hybridized carbons (Fsp3) is 0.783. The molecule has 3 N–H and O–H groups in total. The highest BCUT2D eigenvalue weighted by Crippen LogP contribution is 3.40. The maximum absolute atomic E-state index is 13.3. The predicted octanol–water partition coefficient (Wildman–Crippen LogP) is 34.6. The van der Waals surface area contributed by atoms with Crippen molar-refractivity contribution in [2.24, 2.45) is 78.1 Å². The number of hydrogen-bond donors (Lipinski definition) is 2. The van der Waals surface area contributed by atoms with Crippen LogP contribution in [0, 0.1) is 68.0 Å². The number of carbonyl (C=O) groups is 5. The molecule has 6 aliphatic carbocycles. The van der Waals surface area contributed by atoms with Crippen molar-refractivity contribution in [1.29, 1.82) is 0 Å². The summed E-state index contributed by atoms with van der Waals surface area (Å²) in [6, 6.07) is 0. The lowest BCUT2D eigenvalue weighted by Gasteiger charge is -2.62. The summed E-state index contributed by atoms with van der Waals surface area (Å²) in [4.78, 5) is 71.2. The van der Waals surface area contributed by atoms with Gasteiger partial charge in [0.05, 0.1) is 6.10 Å². The maximum atomic E-state index is 13.3. The number of Topliss-reactive ketones (excluding diaryl/α,β-unsaturated/α-hetero) is 2. The lowest BCUT2D eigenvalue weighted by Crippen LogP contribution is -2.63. The maximum Gasteiger partial charge on any atom is 0.404 e. The van der Waals surface area contributed by atoms with Gasteiger partial charge < -0.3 is 25.1 Å². The molecule has 6 rings (SSSR count). The molecule has 6 aliphatic rings. The van der Waals surface area contributed by atoms with Gasteiger partial charge in [0.2, 0.25) is 0 Å². The number of nitrogens with zero attached hydrogens (tertiary/aromatic N) is 1. The van der Waals surface area contributed by atoms with Gasteiger partial charge >= 0.3 is 27.3 Å². The summed E-state index contributed by atoms with van der Waals surface area (Å²) in [6.07, 6.45) is 8.90. The van der Waals surface area contributed by atoms with Crippen LogP contribution >= 0.6 is 389 Å². The van der Waals surface area contributed by atoms with Gasteiger partial charge in [0.25, 0.3) is 6.08 Å². The molecule has 14 nitrogen and oxygen atoms in total. The van der Waals surface area contributed by atoms with Crippen LogP contribution in [0.2, 0.25) is 0 Å². The van der Waals surface area contributed by atoms with E-state index in [1.165, 1.54) is 13.8 Å². The SMILES string of the molecule is C=C[C@]1(C)C[C@@H](O)[C@]2(C)[C@H](C)CC[C@]3(CCC(=O)[C@H]32)[C@@H](C)[C@@H]1OC(C)=O.C=C[C@]1(C)C[C@@H](OC(N)=O)[C@]2(C)[C@H](C)CC[C@]3(CCC(=O)[C@H]32)[C@@H](C)[C@@H]1OC(C)=O.O=C=NS(=O)(=O)Cl.PP(P)P(P(P)P)P(P(P)P)P(P(P(P)P)P(P)P)P(P(P(P)P)P(P)P)P(P(P)P)P(P)P.PPP(P(P)P)P(P(P)P)P(P)P. The van der Waals surface area contributed by atoms with E-state index in [-0.39, 0.29) is 223 Å². The summed E-state index contributed by atoms with van der Waals surface area (Å²) in [5.41, 5.74) is 2.87. The van der Waals surface area contributed by atoms with E-state index in [4.69, 9.17) is 24.7 Å². The zero-order valence-corrected chi connectivity index (χ0v) is 113. The quantitative estimate of drug-likeness (QED) is 0.0157. The Morgan fingerprint density at radius 1 is 0.523 bits per heavy atom. The van der Waals surface area contributed by atoms with Gasteiger partial charge in [-0.2, -0.15) is 8.42 Å². The first-order chi connectivity index (χ1) is 49.8. The lowest BCUT2D eigenvalue weighted by molar-refractivity contribution is -0.202. The molecule has 0 radical (unpaired) electrons. The third-order valence-corrected chi connectivity index (χ3v) is 321. The highest BCUT2D eigenvalue weighted by Gasteiger charge is 2.71. The smallest absolute Gasteiger partial charge is 0.404 e. The fourth-order valence-electron chi connectivity index (χ4n) is 16.3. The molecule has 0 heterocycles. The number of primary amides is 1. The number of carbonyl (C=O) groups excluding carboxylic acids is 6. The van der Waals surface area contributed by atoms with Crippen LogP contribution < -0.4 is 5.73 Å². The molecular weight excluding hydrogens is 2300 g/mol. The van der Waals surface area contributed by atoms with Gasteiger partial charge in [-0.05, 0) is 221 Å². The molecule has 45 atom stereocenters. The third kappa shape index (κ3) is 33.0. The summed E-state index contributed by atoms with van der Waals surface area (Å²) < 4.78 is 38.8. The average molecular weight is 2420 g/mol. The molecule has 6 fully saturated rings. The average Bonchev–Trinajstić information content (AvgIpc) is 1.63. The van der Waals surface area contributed by atoms with Gasteiger partial charge in [0.1, 0.15) is 29.9 Å². The first kappa shape index (κ1) is 122. The zero-order chi connectivity index (χ0) is 85.0. The molecule has 29 unspecified atom stereocenters. The second-order valence-corrected chi connectivity index (χ2v) is 215. The van der Waals surface area contributed by atoms with Crippen molar-refractivity contribution in [3.63, 3.8) is 0 Å². The Hall–Kier alpha value is 16.8. The van der Waals surface area contributed by atoms with Crippen molar-refractivity contribution in [2.45, 2.75) is 158 Å². The molecule has 0 saturated heterocycles. The van der Waals surface area contributed by atoms with Crippen molar-refractivity contribution in [3.8, 4) is 0 Å². The molecule has 6 saturated carbocycles. The third-order valence-electron chi connectivity index (χ3n) is 21.3. The fourth-order valence-corrected chi connectivity index (χ4v) is 604. The summed E-state index contributed by atoms with van der Waals surface area (Å²) in [5.74, 6) is -0.0513. The van der Waals surface area contributed by atoms with Crippen LogP contribution in [0.15, 0.2) is 29.7 Å². The van der Waals surface area contributed by atoms with Crippen LogP contribution in [-0.4, -0.2) is 73.6 Å². The Balaban J connectivity index is 0.000000495. The molecule has 0 aromatic carbocycles. The van der Waals surface area contributed by atoms with Gasteiger partial charge in [-0.3, -0.25) is 19.2 Å². The Morgan fingerprint density at radius 2 is 0.826 bits per heavy atom. The summed E-state index contributed by atoms with van der Waals surface area (Å²) in [7, 11) is 82.6. The number of aliphatic hydroxyl groups excluding tert-OH is 1. The molecule has 63 heteroatoms. The number of ketones is 2. The molecular formula is C46H120ClN2O12P47S. The second-order valence-electron chi connectivity index (χ2n) is 27.5. The first-order valence-electron chi connectivity index (χ1n) is 32.4. The van der Waals surface area contributed by atoms with Gasteiger partial charge in [-0.1, -0.05) is 79.9 Å². The van der Waals surface area contributed by atoms with E-state index in [1.54, 1.807) is 0 Å². The second kappa shape index (κ2) is 56.0. The van der Waals surface area contributed by atoms with E-state index < -0.39 is 55.3 Å². The van der Waals surface area contributed by atoms with E-state index in [9.17, 15) is 37.5 Å². The Morgan fingerprint density at radius 3 is 1.08 bits per heavy atom. The van der Waals surface area contributed by atoms with E-state index in [0.717, 1.165) is 52.6 Å². The number of hydrogen-bond acceptors (Lipinski definition) is 12. The van der Waals surface area contributed by atoms with Crippen molar-refractivity contribution in [1.82, 2.24) is 0 Å². The van der Waals surface area contributed by atoms with Gasteiger partial charge in [-0.25, -0.2) is 9.59 Å². The Kier molecular flexibility index (Phi) is 62.6. The molecule has 0 aliphatic heterocycles. The lowest BCUT2D eigenvalue weighted by atomic mass is 9.44. The molecule has 109 heavy (non-hydrogen) atoms. The number of amides is 1. The monoisotopic (exact) mass is 2420 g/mol. The van der Waals surface area contributed by atoms with E-state index in [2.05, 4.69) is 293 Å². The summed E-state index contributed by atoms with van der Waals surface area (Å²) in [5, 5.41) is 11.4. The highest BCUT2D eigenvalue weighted by molar-refractivity contribution is 9.46. The number of nitrogens with two attached hydrogens (primary N) is 1. The van der Waals surface area contributed by atoms with Gasteiger partial charge in [-0.15, -0.1) is 236 Å². The van der Waals surface area contributed by atoms with Crippen LogP contribution in [0.1, 0.15) is 133 Å². The minimum absolute atomic E-state index is 0.000249. The largest absolute Gasteiger partial charge is 0.461 e. The zero-order valence-electron chi connectivity index (χ0n) is 62.5. The van der Waals surface area contributed by atoms with Gasteiger partial charge in [0.15, 0.2) is 0 Å². The molecule has 1 amide bonds. The van der Waals surface area contributed by atoms with Crippen molar-refractivity contribution < 1.29 is 56.5 Å². The van der Waals surface area contributed by atoms with Crippen LogP contribution in [0.3, 0.4) is 0 Å². The van der Waals surface area contributed by atoms with Crippen LogP contribution in [0.5, 0.6) is 0 Å². The van der Waals surface area contributed by atoms with E-state index in [0.29, 0.717) is 25.7 Å². The van der Waals surface area contributed by atoms with Crippen molar-refractivity contribution in [2.75, 3.05) is 0 Å². The van der Waals surface area contributed by atoms with Gasteiger partial charge in [0, 0.05) is 82.7 Å². The first-order valence-corrected chi connectivity index (χ1v) is 119. The summed E-state index contributed by atoms with van der Waals surface area (Å²) in [6.45, 7) is 27.8. The minimum Gasteiger partial charge on any atom is -0.461 e. The van der Waals surface area contributed by atoms with Crippen LogP contribution in [0.4, 0.5) is 4.79 Å². The summed E-state index contributed by atoms with van der Waals surface area (Å²) >= 11 is 0. The van der Waals surface area contributed by atoms with Crippen molar-refractivity contribution >= 4 is 434 Å². The Labute approximate surface area is 743 Å².